The van der Waals surface area contributed by atoms with Gasteiger partial charge in [0, 0.05) is 43.6 Å². The van der Waals surface area contributed by atoms with E-state index in [1.165, 1.54) is 0 Å². The Morgan fingerprint density at radius 2 is 1.94 bits per heavy atom. The van der Waals surface area contributed by atoms with Crippen molar-refractivity contribution in [3.05, 3.63) is 24.3 Å². The first kappa shape index (κ1) is 16.3. The summed E-state index contributed by atoms with van der Waals surface area (Å²) in [6, 6.07) is 0.617. The van der Waals surface area contributed by atoms with Crippen LogP contribution in [0.15, 0.2) is 18.7 Å². The third-order valence-electron chi connectivity index (χ3n) is 2.66. The summed E-state index contributed by atoms with van der Waals surface area (Å²) < 4.78 is 0. The molecule has 1 aromatic rings. The fraction of sp³-hybridized carbons (Fsp3) is 0.667. The SMILES string of the molecule is CCN(CCNCc1cncnc1)C(C)C.Cl. The Morgan fingerprint density at radius 1 is 1.29 bits per heavy atom. The van der Waals surface area contributed by atoms with E-state index >= 15 is 0 Å². The number of aromatic nitrogens is 2. The zero-order chi connectivity index (χ0) is 11.8. The molecule has 4 nitrogen and oxygen atoms in total. The van der Waals surface area contributed by atoms with E-state index in [4.69, 9.17) is 0 Å². The highest BCUT2D eigenvalue weighted by Gasteiger charge is 2.05. The van der Waals surface area contributed by atoms with Gasteiger partial charge in [-0.2, -0.15) is 0 Å². The monoisotopic (exact) mass is 258 g/mol. The van der Waals surface area contributed by atoms with Gasteiger partial charge in [-0.15, -0.1) is 12.4 Å². The quantitative estimate of drug-likeness (QED) is 0.757. The molecule has 98 valence electrons. The fourth-order valence-electron chi connectivity index (χ4n) is 1.66. The first-order valence-corrected chi connectivity index (χ1v) is 5.92. The number of nitrogens with one attached hydrogen (secondary N) is 1. The van der Waals surface area contributed by atoms with Crippen LogP contribution in [0.4, 0.5) is 0 Å². The van der Waals surface area contributed by atoms with Crippen LogP contribution in [0.5, 0.6) is 0 Å². The minimum Gasteiger partial charge on any atom is -0.311 e. The molecule has 0 aliphatic rings. The van der Waals surface area contributed by atoms with Crippen molar-refractivity contribution >= 4 is 12.4 Å². The molecule has 17 heavy (non-hydrogen) atoms. The van der Waals surface area contributed by atoms with Gasteiger partial charge in [0.1, 0.15) is 6.33 Å². The van der Waals surface area contributed by atoms with Crippen molar-refractivity contribution < 1.29 is 0 Å². The molecule has 0 amide bonds. The van der Waals surface area contributed by atoms with Gasteiger partial charge >= 0.3 is 0 Å². The number of hydrogen-bond acceptors (Lipinski definition) is 4. The number of halogens is 1. The van der Waals surface area contributed by atoms with E-state index in [2.05, 4.69) is 41.0 Å². The maximum absolute atomic E-state index is 3.98. The highest BCUT2D eigenvalue weighted by Crippen LogP contribution is 1.96. The Labute approximate surface area is 110 Å². The van der Waals surface area contributed by atoms with Gasteiger partial charge in [0.2, 0.25) is 0 Å². The molecule has 5 heteroatoms. The van der Waals surface area contributed by atoms with Crippen LogP contribution in [0, 0.1) is 0 Å². The van der Waals surface area contributed by atoms with Gasteiger partial charge in [0.15, 0.2) is 0 Å². The van der Waals surface area contributed by atoms with E-state index in [-0.39, 0.29) is 12.4 Å². The molecule has 0 aliphatic heterocycles. The van der Waals surface area contributed by atoms with Crippen molar-refractivity contribution in [2.75, 3.05) is 19.6 Å². The van der Waals surface area contributed by atoms with Gasteiger partial charge in [-0.1, -0.05) is 6.92 Å². The first-order chi connectivity index (χ1) is 7.74. The average Bonchev–Trinajstić information content (AvgIpc) is 2.30. The molecule has 0 atom stereocenters. The topological polar surface area (TPSA) is 41.0 Å². The van der Waals surface area contributed by atoms with E-state index in [0.717, 1.165) is 31.7 Å². The molecule has 0 saturated carbocycles. The predicted molar refractivity (Wildman–Crippen MR) is 73.4 cm³/mol. The summed E-state index contributed by atoms with van der Waals surface area (Å²) in [5.74, 6) is 0. The van der Waals surface area contributed by atoms with Crippen molar-refractivity contribution in [2.24, 2.45) is 0 Å². The molecule has 0 spiro atoms. The third-order valence-corrected chi connectivity index (χ3v) is 2.66. The lowest BCUT2D eigenvalue weighted by molar-refractivity contribution is 0.233. The third kappa shape index (κ3) is 6.56. The lowest BCUT2D eigenvalue weighted by Crippen LogP contribution is -2.36. The molecule has 0 bridgehead atoms. The van der Waals surface area contributed by atoms with Crippen LogP contribution in [-0.2, 0) is 6.54 Å². The van der Waals surface area contributed by atoms with Gasteiger partial charge < -0.3 is 5.32 Å². The van der Waals surface area contributed by atoms with Crippen LogP contribution >= 0.6 is 12.4 Å². The lowest BCUT2D eigenvalue weighted by atomic mass is 10.3. The van der Waals surface area contributed by atoms with Crippen molar-refractivity contribution in [2.45, 2.75) is 33.4 Å². The minimum absolute atomic E-state index is 0. The van der Waals surface area contributed by atoms with Crippen molar-refractivity contribution in [1.82, 2.24) is 20.2 Å². The smallest absolute Gasteiger partial charge is 0.115 e. The standard InChI is InChI=1S/C12H22N4.ClH/c1-4-16(11(2)3)6-5-13-7-12-8-14-10-15-9-12;/h8-11,13H,4-7H2,1-3H3;1H. The summed E-state index contributed by atoms with van der Waals surface area (Å²) in [7, 11) is 0. The molecule has 0 fully saturated rings. The minimum atomic E-state index is 0. The van der Waals surface area contributed by atoms with Gasteiger partial charge in [0.25, 0.3) is 0 Å². The summed E-state index contributed by atoms with van der Waals surface area (Å²) in [5, 5.41) is 3.40. The molecular formula is C12H23ClN4. The van der Waals surface area contributed by atoms with E-state index in [1.807, 2.05) is 12.4 Å². The maximum Gasteiger partial charge on any atom is 0.115 e. The largest absolute Gasteiger partial charge is 0.311 e. The van der Waals surface area contributed by atoms with Crippen LogP contribution in [0.2, 0.25) is 0 Å². The summed E-state index contributed by atoms with van der Waals surface area (Å²) in [6.07, 6.45) is 5.25. The van der Waals surface area contributed by atoms with Gasteiger partial charge in [0.05, 0.1) is 0 Å². The Morgan fingerprint density at radius 3 is 2.47 bits per heavy atom. The Bertz CT molecular complexity index is 279. The molecular weight excluding hydrogens is 236 g/mol. The summed E-state index contributed by atoms with van der Waals surface area (Å²) in [5.41, 5.74) is 1.13. The second-order valence-corrected chi connectivity index (χ2v) is 4.15. The van der Waals surface area contributed by atoms with E-state index in [1.54, 1.807) is 6.33 Å². The van der Waals surface area contributed by atoms with Gasteiger partial charge in [-0.05, 0) is 20.4 Å². The summed E-state index contributed by atoms with van der Waals surface area (Å²) in [4.78, 5) is 10.4. The van der Waals surface area contributed by atoms with Crippen LogP contribution in [0.3, 0.4) is 0 Å². The molecule has 1 N–H and O–H groups in total. The van der Waals surface area contributed by atoms with Crippen LogP contribution in [-0.4, -0.2) is 40.5 Å². The molecule has 0 saturated heterocycles. The zero-order valence-electron chi connectivity index (χ0n) is 10.9. The molecule has 0 aromatic carbocycles. The van der Waals surface area contributed by atoms with Crippen LogP contribution in [0.25, 0.3) is 0 Å². The second kappa shape index (κ2) is 9.33. The highest BCUT2D eigenvalue weighted by atomic mass is 35.5. The summed E-state index contributed by atoms with van der Waals surface area (Å²) >= 11 is 0. The summed E-state index contributed by atoms with van der Waals surface area (Å²) in [6.45, 7) is 10.7. The normalized spacial score (nSPS) is 10.6. The van der Waals surface area contributed by atoms with Crippen molar-refractivity contribution in [1.29, 1.82) is 0 Å². The number of likely N-dealkylation sites (N-methyl/N-ethyl adjacent to an activating group) is 1. The predicted octanol–water partition coefficient (Wildman–Crippen LogP) is 1.72. The Hall–Kier alpha value is -0.710. The second-order valence-electron chi connectivity index (χ2n) is 4.15. The van der Waals surface area contributed by atoms with Crippen LogP contribution < -0.4 is 5.32 Å². The molecule has 1 rings (SSSR count). The van der Waals surface area contributed by atoms with Crippen molar-refractivity contribution in [3.63, 3.8) is 0 Å². The number of hydrogen-bond donors (Lipinski definition) is 1. The molecule has 1 heterocycles. The average molecular weight is 259 g/mol. The zero-order valence-corrected chi connectivity index (χ0v) is 11.7. The lowest BCUT2D eigenvalue weighted by Gasteiger charge is -2.24. The van der Waals surface area contributed by atoms with E-state index in [0.29, 0.717) is 6.04 Å². The first-order valence-electron chi connectivity index (χ1n) is 5.92. The highest BCUT2D eigenvalue weighted by molar-refractivity contribution is 5.85. The van der Waals surface area contributed by atoms with Crippen molar-refractivity contribution in [3.8, 4) is 0 Å². The van der Waals surface area contributed by atoms with E-state index in [9.17, 15) is 0 Å². The molecule has 1 aromatic heterocycles. The number of rotatable bonds is 7. The Balaban J connectivity index is 0.00000256. The molecule has 0 aliphatic carbocycles. The van der Waals surface area contributed by atoms with Gasteiger partial charge in [-0.3, -0.25) is 4.90 Å². The van der Waals surface area contributed by atoms with Gasteiger partial charge in [-0.25, -0.2) is 9.97 Å². The van der Waals surface area contributed by atoms with Crippen LogP contribution in [0.1, 0.15) is 26.3 Å². The maximum atomic E-state index is 3.98. The fourth-order valence-corrected chi connectivity index (χ4v) is 1.66. The molecule has 0 radical (unpaired) electrons. The molecule has 0 unspecified atom stereocenters. The number of nitrogens with zero attached hydrogens (tertiary/aromatic N) is 3. The van der Waals surface area contributed by atoms with E-state index < -0.39 is 0 Å². The Kier molecular flexibility index (Phi) is 8.94.